The molecule has 170 valence electrons. The van der Waals surface area contributed by atoms with Crippen LogP contribution < -0.4 is 4.90 Å². The number of hydrogen-bond donors (Lipinski definition) is 0. The standard InChI is InChI=1S/C33H27NS/c1-3-24-13-19-27(20-14-24)34(26-17-11-23(2)12-18-26)28-21-15-25(16-22-28)29-8-6-9-31-30-7-4-5-10-32(30)35-33(29)31/h4-22H,3H2,1-2H3. The van der Waals surface area contributed by atoms with Gasteiger partial charge in [0.1, 0.15) is 0 Å². The predicted octanol–water partition coefficient (Wildman–Crippen LogP) is 10.1. The Morgan fingerprint density at radius 3 is 1.89 bits per heavy atom. The Bertz CT molecular complexity index is 1610. The van der Waals surface area contributed by atoms with Gasteiger partial charge in [0.2, 0.25) is 0 Å². The second-order valence-corrected chi connectivity index (χ2v) is 10.1. The number of aryl methyl sites for hydroxylation is 2. The SMILES string of the molecule is CCc1ccc(N(c2ccc(C)cc2)c2ccc(-c3cccc4c3sc3ccccc34)cc2)cc1. The molecule has 0 radical (unpaired) electrons. The van der Waals surface area contributed by atoms with Crippen molar-refractivity contribution >= 4 is 48.6 Å². The lowest BCUT2D eigenvalue weighted by Crippen LogP contribution is -2.09. The minimum absolute atomic E-state index is 1.04. The van der Waals surface area contributed by atoms with E-state index in [0.717, 1.165) is 12.1 Å². The smallest absolute Gasteiger partial charge is 0.0462 e. The summed E-state index contributed by atoms with van der Waals surface area (Å²) in [5, 5.41) is 2.68. The Morgan fingerprint density at radius 1 is 0.600 bits per heavy atom. The van der Waals surface area contributed by atoms with Crippen molar-refractivity contribution in [2.75, 3.05) is 4.90 Å². The van der Waals surface area contributed by atoms with E-state index in [1.807, 2.05) is 11.3 Å². The largest absolute Gasteiger partial charge is 0.311 e. The lowest BCUT2D eigenvalue weighted by molar-refractivity contribution is 1.14. The minimum atomic E-state index is 1.04. The first-order chi connectivity index (χ1) is 17.2. The molecule has 5 aromatic carbocycles. The average Bonchev–Trinajstić information content (AvgIpc) is 3.30. The molecule has 0 unspecified atom stereocenters. The third-order valence-electron chi connectivity index (χ3n) is 6.74. The van der Waals surface area contributed by atoms with Gasteiger partial charge in [-0.15, -0.1) is 11.3 Å². The monoisotopic (exact) mass is 469 g/mol. The van der Waals surface area contributed by atoms with Crippen molar-refractivity contribution in [2.45, 2.75) is 20.3 Å². The van der Waals surface area contributed by atoms with Crippen LogP contribution in [0.4, 0.5) is 17.1 Å². The zero-order chi connectivity index (χ0) is 23.8. The minimum Gasteiger partial charge on any atom is -0.311 e. The van der Waals surface area contributed by atoms with Crippen LogP contribution in [0.2, 0.25) is 0 Å². The molecular formula is C33H27NS. The summed E-state index contributed by atoms with van der Waals surface area (Å²) in [6, 6.07) is 42.0. The summed E-state index contributed by atoms with van der Waals surface area (Å²) >= 11 is 1.88. The Balaban J connectivity index is 1.44. The Labute approximate surface area is 210 Å². The first kappa shape index (κ1) is 21.6. The summed E-state index contributed by atoms with van der Waals surface area (Å²) in [5.74, 6) is 0. The topological polar surface area (TPSA) is 3.24 Å². The predicted molar refractivity (Wildman–Crippen MR) is 154 cm³/mol. The van der Waals surface area contributed by atoms with Crippen LogP contribution in [-0.2, 0) is 6.42 Å². The highest BCUT2D eigenvalue weighted by Gasteiger charge is 2.14. The number of rotatable bonds is 5. The van der Waals surface area contributed by atoms with E-state index in [-0.39, 0.29) is 0 Å². The third kappa shape index (κ3) is 4.00. The highest BCUT2D eigenvalue weighted by Crippen LogP contribution is 2.41. The highest BCUT2D eigenvalue weighted by atomic mass is 32.1. The van der Waals surface area contributed by atoms with Crippen LogP contribution in [0.1, 0.15) is 18.1 Å². The van der Waals surface area contributed by atoms with Crippen molar-refractivity contribution in [1.82, 2.24) is 0 Å². The van der Waals surface area contributed by atoms with Gasteiger partial charge in [0.05, 0.1) is 0 Å². The maximum absolute atomic E-state index is 2.34. The van der Waals surface area contributed by atoms with Crippen molar-refractivity contribution in [3.05, 3.63) is 126 Å². The molecule has 6 rings (SSSR count). The molecule has 2 heteroatoms. The van der Waals surface area contributed by atoms with E-state index in [9.17, 15) is 0 Å². The van der Waals surface area contributed by atoms with E-state index < -0.39 is 0 Å². The summed E-state index contributed by atoms with van der Waals surface area (Å²) in [6.07, 6.45) is 1.04. The lowest BCUT2D eigenvalue weighted by Gasteiger charge is -2.26. The van der Waals surface area contributed by atoms with Crippen molar-refractivity contribution in [1.29, 1.82) is 0 Å². The molecule has 1 aromatic heterocycles. The lowest BCUT2D eigenvalue weighted by atomic mass is 10.0. The van der Waals surface area contributed by atoms with Gasteiger partial charge in [0.25, 0.3) is 0 Å². The van der Waals surface area contributed by atoms with Crippen molar-refractivity contribution < 1.29 is 0 Å². The Morgan fingerprint density at radius 2 is 1.20 bits per heavy atom. The molecule has 0 bridgehead atoms. The number of benzene rings is 5. The first-order valence-corrected chi connectivity index (χ1v) is 13.0. The quantitative estimate of drug-likeness (QED) is 0.243. The van der Waals surface area contributed by atoms with Crippen LogP contribution >= 0.6 is 11.3 Å². The number of thiophene rings is 1. The summed E-state index contributed by atoms with van der Waals surface area (Å²) < 4.78 is 2.69. The molecule has 1 nitrogen and oxygen atoms in total. The summed E-state index contributed by atoms with van der Waals surface area (Å²) in [7, 11) is 0. The number of hydrogen-bond acceptors (Lipinski definition) is 2. The van der Waals surface area contributed by atoms with E-state index in [4.69, 9.17) is 0 Å². The van der Waals surface area contributed by atoms with Gasteiger partial charge in [0.15, 0.2) is 0 Å². The normalized spacial score (nSPS) is 11.3. The van der Waals surface area contributed by atoms with Gasteiger partial charge >= 0.3 is 0 Å². The fraction of sp³-hybridized carbons (Fsp3) is 0.0909. The van der Waals surface area contributed by atoms with Gasteiger partial charge in [0, 0.05) is 37.2 Å². The number of fused-ring (bicyclic) bond motifs is 3. The molecule has 0 aliphatic carbocycles. The number of anilines is 3. The van der Waals surface area contributed by atoms with Gasteiger partial charge in [-0.3, -0.25) is 0 Å². The summed E-state index contributed by atoms with van der Waals surface area (Å²) in [5.41, 5.74) is 8.65. The molecule has 0 atom stereocenters. The van der Waals surface area contributed by atoms with Crippen LogP contribution in [0.15, 0.2) is 115 Å². The molecule has 35 heavy (non-hydrogen) atoms. The molecule has 0 aliphatic rings. The molecule has 0 fully saturated rings. The molecule has 0 spiro atoms. The van der Waals surface area contributed by atoms with Crippen LogP contribution in [0.5, 0.6) is 0 Å². The van der Waals surface area contributed by atoms with Gasteiger partial charge in [-0.05, 0) is 72.5 Å². The van der Waals surface area contributed by atoms with E-state index >= 15 is 0 Å². The van der Waals surface area contributed by atoms with Crippen LogP contribution in [0.25, 0.3) is 31.3 Å². The Kier molecular flexibility index (Phi) is 5.60. The molecule has 0 aliphatic heterocycles. The zero-order valence-corrected chi connectivity index (χ0v) is 20.8. The van der Waals surface area contributed by atoms with Crippen molar-refractivity contribution in [2.24, 2.45) is 0 Å². The van der Waals surface area contributed by atoms with Gasteiger partial charge in [-0.25, -0.2) is 0 Å². The first-order valence-electron chi connectivity index (χ1n) is 12.2. The molecule has 1 heterocycles. The van der Waals surface area contributed by atoms with E-state index in [0.29, 0.717) is 0 Å². The van der Waals surface area contributed by atoms with E-state index in [1.54, 1.807) is 0 Å². The van der Waals surface area contributed by atoms with E-state index in [1.165, 1.54) is 53.8 Å². The zero-order valence-electron chi connectivity index (χ0n) is 20.0. The van der Waals surface area contributed by atoms with E-state index in [2.05, 4.69) is 134 Å². The average molecular weight is 470 g/mol. The number of nitrogens with zero attached hydrogens (tertiary/aromatic N) is 1. The van der Waals surface area contributed by atoms with Crippen LogP contribution in [-0.4, -0.2) is 0 Å². The van der Waals surface area contributed by atoms with Crippen LogP contribution in [0.3, 0.4) is 0 Å². The summed E-state index contributed by atoms with van der Waals surface area (Å²) in [6.45, 7) is 4.33. The second kappa shape index (κ2) is 9.05. The maximum atomic E-state index is 2.34. The molecule has 0 N–H and O–H groups in total. The van der Waals surface area contributed by atoms with Gasteiger partial charge < -0.3 is 4.90 Å². The van der Waals surface area contributed by atoms with Crippen molar-refractivity contribution in [3.63, 3.8) is 0 Å². The molecular weight excluding hydrogens is 442 g/mol. The van der Waals surface area contributed by atoms with Gasteiger partial charge in [-0.1, -0.05) is 85.3 Å². The van der Waals surface area contributed by atoms with Crippen LogP contribution in [0, 0.1) is 6.92 Å². The maximum Gasteiger partial charge on any atom is 0.0462 e. The van der Waals surface area contributed by atoms with Crippen molar-refractivity contribution in [3.8, 4) is 11.1 Å². The van der Waals surface area contributed by atoms with Gasteiger partial charge in [-0.2, -0.15) is 0 Å². The Hall–Kier alpha value is -3.88. The molecule has 0 saturated carbocycles. The molecule has 6 aromatic rings. The fourth-order valence-electron chi connectivity index (χ4n) is 4.79. The fourth-order valence-corrected chi connectivity index (χ4v) is 6.02. The molecule has 0 amide bonds. The molecule has 0 saturated heterocycles. The second-order valence-electron chi connectivity index (χ2n) is 9.02. The highest BCUT2D eigenvalue weighted by molar-refractivity contribution is 7.26. The summed E-state index contributed by atoms with van der Waals surface area (Å²) in [4.78, 5) is 2.34. The third-order valence-corrected chi connectivity index (χ3v) is 7.96.